The highest BCUT2D eigenvalue weighted by Crippen LogP contribution is 2.20. The van der Waals surface area contributed by atoms with Crippen molar-refractivity contribution < 1.29 is 9.72 Å². The largest absolute Gasteiger partial charge is 0.321 e. The van der Waals surface area contributed by atoms with Gasteiger partial charge in [-0.15, -0.1) is 0 Å². The Labute approximate surface area is 131 Å². The van der Waals surface area contributed by atoms with E-state index in [0.29, 0.717) is 22.1 Å². The number of carbonyl (C=O) groups excluding carboxylic acids is 1. The first-order valence-electron chi connectivity index (χ1n) is 6.33. The number of nitrogens with one attached hydrogen (secondary N) is 1. The monoisotopic (exact) mass is 317 g/mol. The highest BCUT2D eigenvalue weighted by molar-refractivity contribution is 6.33. The van der Waals surface area contributed by atoms with E-state index < -0.39 is 4.92 Å². The van der Waals surface area contributed by atoms with Gasteiger partial charge in [0.15, 0.2) is 0 Å². The van der Waals surface area contributed by atoms with E-state index in [0.717, 1.165) is 0 Å². The number of para-hydroxylation sites is 1. The second kappa shape index (κ2) is 6.82. The third-order valence-electron chi connectivity index (χ3n) is 2.81. The van der Waals surface area contributed by atoms with Gasteiger partial charge in [0.1, 0.15) is 5.69 Å². The third-order valence-corrected chi connectivity index (χ3v) is 3.14. The van der Waals surface area contributed by atoms with Gasteiger partial charge in [-0.05, 0) is 31.2 Å². The molecular weight excluding hydrogens is 306 g/mol. The molecule has 2 aromatic rings. The van der Waals surface area contributed by atoms with Gasteiger partial charge in [-0.25, -0.2) is 4.98 Å². The van der Waals surface area contributed by atoms with Gasteiger partial charge in [-0.2, -0.15) is 0 Å². The van der Waals surface area contributed by atoms with Crippen LogP contribution in [0.5, 0.6) is 0 Å². The molecule has 0 saturated heterocycles. The fourth-order valence-corrected chi connectivity index (χ4v) is 1.94. The van der Waals surface area contributed by atoms with E-state index in [1.165, 1.54) is 24.3 Å². The van der Waals surface area contributed by atoms with Crippen molar-refractivity contribution in [2.24, 2.45) is 0 Å². The number of benzene rings is 1. The molecule has 0 saturated carbocycles. The molecule has 0 bridgehead atoms. The molecule has 112 valence electrons. The van der Waals surface area contributed by atoms with Crippen molar-refractivity contribution in [2.45, 2.75) is 6.92 Å². The van der Waals surface area contributed by atoms with Crippen LogP contribution in [0, 0.1) is 17.0 Å². The summed E-state index contributed by atoms with van der Waals surface area (Å²) in [6, 6.07) is 9.70. The van der Waals surface area contributed by atoms with Crippen LogP contribution in [-0.2, 0) is 4.79 Å². The average Bonchev–Trinajstić information content (AvgIpc) is 2.47. The molecule has 1 amide bonds. The molecule has 0 atom stereocenters. The van der Waals surface area contributed by atoms with Crippen LogP contribution in [0.3, 0.4) is 0 Å². The lowest BCUT2D eigenvalue weighted by Crippen LogP contribution is -2.08. The Bertz CT molecular complexity index is 759. The number of anilines is 1. The topological polar surface area (TPSA) is 85.1 Å². The summed E-state index contributed by atoms with van der Waals surface area (Å²) in [4.78, 5) is 26.1. The molecule has 1 aromatic carbocycles. The number of hydrogen-bond acceptors (Lipinski definition) is 4. The lowest BCUT2D eigenvalue weighted by molar-refractivity contribution is -0.385. The zero-order valence-electron chi connectivity index (χ0n) is 11.6. The summed E-state index contributed by atoms with van der Waals surface area (Å²) in [6.07, 6.45) is 2.76. The van der Waals surface area contributed by atoms with Gasteiger partial charge < -0.3 is 5.32 Å². The molecule has 1 aromatic heterocycles. The number of amides is 1. The van der Waals surface area contributed by atoms with Crippen molar-refractivity contribution in [3.05, 3.63) is 69.0 Å². The number of halogens is 1. The Morgan fingerprint density at radius 1 is 1.32 bits per heavy atom. The fourth-order valence-electron chi connectivity index (χ4n) is 1.76. The zero-order chi connectivity index (χ0) is 16.1. The maximum absolute atomic E-state index is 11.8. The Morgan fingerprint density at radius 3 is 2.68 bits per heavy atom. The number of aryl methyl sites for hydroxylation is 1. The van der Waals surface area contributed by atoms with Gasteiger partial charge in [0, 0.05) is 12.1 Å². The van der Waals surface area contributed by atoms with Crippen LogP contribution in [0.4, 0.5) is 11.4 Å². The lowest BCUT2D eigenvalue weighted by atomic mass is 10.2. The van der Waals surface area contributed by atoms with Crippen LogP contribution < -0.4 is 5.32 Å². The quantitative estimate of drug-likeness (QED) is 0.530. The third kappa shape index (κ3) is 3.89. The standard InChI is InChI=1S/C15H12ClN3O3/c1-10-14(19(21)22)8-6-11(17-10)7-9-15(20)18-13-5-3-2-4-12(13)16/h2-9H,1H3,(H,18,20). The van der Waals surface area contributed by atoms with E-state index in [1.54, 1.807) is 31.2 Å². The normalized spacial score (nSPS) is 10.6. The number of hydrogen-bond donors (Lipinski definition) is 1. The summed E-state index contributed by atoms with van der Waals surface area (Å²) < 4.78 is 0. The number of nitro groups is 1. The van der Waals surface area contributed by atoms with Gasteiger partial charge in [-0.1, -0.05) is 23.7 Å². The van der Waals surface area contributed by atoms with Crippen molar-refractivity contribution >= 4 is 35.0 Å². The first-order chi connectivity index (χ1) is 10.5. The molecule has 7 heteroatoms. The molecule has 22 heavy (non-hydrogen) atoms. The number of nitrogens with zero attached hydrogens (tertiary/aromatic N) is 2. The van der Waals surface area contributed by atoms with E-state index in [2.05, 4.69) is 10.3 Å². The van der Waals surface area contributed by atoms with Crippen molar-refractivity contribution in [1.29, 1.82) is 0 Å². The minimum absolute atomic E-state index is 0.0577. The predicted molar refractivity (Wildman–Crippen MR) is 84.7 cm³/mol. The summed E-state index contributed by atoms with van der Waals surface area (Å²) in [5, 5.41) is 13.8. The molecular formula is C15H12ClN3O3. The highest BCUT2D eigenvalue weighted by Gasteiger charge is 2.10. The molecule has 6 nitrogen and oxygen atoms in total. The Morgan fingerprint density at radius 2 is 2.05 bits per heavy atom. The SMILES string of the molecule is Cc1nc(C=CC(=O)Nc2ccccc2Cl)ccc1[N+](=O)[O-]. The maximum atomic E-state index is 11.8. The Hall–Kier alpha value is -2.73. The van der Waals surface area contributed by atoms with Crippen molar-refractivity contribution in [1.82, 2.24) is 4.98 Å². The molecule has 0 radical (unpaired) electrons. The van der Waals surface area contributed by atoms with Gasteiger partial charge in [0.05, 0.1) is 21.3 Å². The summed E-state index contributed by atoms with van der Waals surface area (Å²) in [6.45, 7) is 1.54. The molecule has 0 spiro atoms. The summed E-state index contributed by atoms with van der Waals surface area (Å²) in [7, 11) is 0. The second-order valence-corrected chi connectivity index (χ2v) is 4.81. The summed E-state index contributed by atoms with van der Waals surface area (Å²) in [5.41, 5.74) is 1.19. The fraction of sp³-hybridized carbons (Fsp3) is 0.0667. The van der Waals surface area contributed by atoms with Gasteiger partial charge in [0.2, 0.25) is 5.91 Å². The molecule has 0 aliphatic rings. The average molecular weight is 318 g/mol. The minimum atomic E-state index is -0.500. The number of aromatic nitrogens is 1. The predicted octanol–water partition coefficient (Wildman–Crippen LogP) is 3.60. The Kier molecular flexibility index (Phi) is 4.85. The van der Waals surface area contributed by atoms with Gasteiger partial charge in [-0.3, -0.25) is 14.9 Å². The van der Waals surface area contributed by atoms with Crippen LogP contribution in [0.15, 0.2) is 42.5 Å². The molecule has 0 fully saturated rings. The first-order valence-corrected chi connectivity index (χ1v) is 6.71. The molecule has 1 N–H and O–H groups in total. The van der Waals surface area contributed by atoms with E-state index in [9.17, 15) is 14.9 Å². The first kappa shape index (κ1) is 15.7. The molecule has 0 unspecified atom stereocenters. The van der Waals surface area contributed by atoms with Crippen molar-refractivity contribution in [3.63, 3.8) is 0 Å². The molecule has 0 aliphatic carbocycles. The lowest BCUT2D eigenvalue weighted by Gasteiger charge is -2.03. The van der Waals surface area contributed by atoms with Gasteiger partial charge in [0.25, 0.3) is 5.69 Å². The zero-order valence-corrected chi connectivity index (χ0v) is 12.4. The Balaban J connectivity index is 2.08. The number of rotatable bonds is 4. The van der Waals surface area contributed by atoms with Crippen LogP contribution in [0.2, 0.25) is 5.02 Å². The van der Waals surface area contributed by atoms with E-state index >= 15 is 0 Å². The van der Waals surface area contributed by atoms with E-state index in [-0.39, 0.29) is 11.6 Å². The van der Waals surface area contributed by atoms with Crippen LogP contribution in [0.1, 0.15) is 11.4 Å². The highest BCUT2D eigenvalue weighted by atomic mass is 35.5. The van der Waals surface area contributed by atoms with Crippen molar-refractivity contribution in [3.8, 4) is 0 Å². The summed E-state index contributed by atoms with van der Waals surface area (Å²) >= 11 is 5.94. The van der Waals surface area contributed by atoms with E-state index in [1.807, 2.05) is 0 Å². The van der Waals surface area contributed by atoms with Crippen LogP contribution >= 0.6 is 11.6 Å². The van der Waals surface area contributed by atoms with Crippen LogP contribution in [0.25, 0.3) is 6.08 Å². The molecule has 2 rings (SSSR count). The minimum Gasteiger partial charge on any atom is -0.321 e. The maximum Gasteiger partial charge on any atom is 0.290 e. The molecule has 0 aliphatic heterocycles. The van der Waals surface area contributed by atoms with Crippen molar-refractivity contribution in [2.75, 3.05) is 5.32 Å². The second-order valence-electron chi connectivity index (χ2n) is 4.40. The van der Waals surface area contributed by atoms with E-state index in [4.69, 9.17) is 11.6 Å². The summed E-state index contributed by atoms with van der Waals surface area (Å²) in [5.74, 6) is -0.370. The van der Waals surface area contributed by atoms with Gasteiger partial charge >= 0.3 is 0 Å². The number of pyridine rings is 1. The molecule has 1 heterocycles. The smallest absolute Gasteiger partial charge is 0.290 e. The number of carbonyl (C=O) groups is 1. The van der Waals surface area contributed by atoms with Crippen LogP contribution in [-0.4, -0.2) is 15.8 Å².